The van der Waals surface area contributed by atoms with Crippen LogP contribution in [-0.4, -0.2) is 88.8 Å². The van der Waals surface area contributed by atoms with E-state index >= 15 is 0 Å². The first-order valence-electron chi connectivity index (χ1n) is 12.2. The van der Waals surface area contributed by atoms with Crippen LogP contribution in [0.25, 0.3) is 0 Å². The number of piperazine rings is 1. The Morgan fingerprint density at radius 3 is 2.46 bits per heavy atom. The van der Waals surface area contributed by atoms with Crippen molar-refractivity contribution >= 4 is 51.7 Å². The lowest BCUT2D eigenvalue weighted by molar-refractivity contribution is 0.0693. The molecule has 0 bridgehead atoms. The second kappa shape index (κ2) is 14.7. The molecule has 2 amide bonds. The van der Waals surface area contributed by atoms with Crippen molar-refractivity contribution in [2.24, 2.45) is 0 Å². The van der Waals surface area contributed by atoms with E-state index < -0.39 is 12.0 Å². The van der Waals surface area contributed by atoms with Crippen molar-refractivity contribution in [1.29, 1.82) is 0 Å². The number of rotatable bonds is 13. The van der Waals surface area contributed by atoms with Gasteiger partial charge in [0.25, 0.3) is 0 Å². The van der Waals surface area contributed by atoms with E-state index in [1.165, 1.54) is 0 Å². The van der Waals surface area contributed by atoms with E-state index in [0.717, 1.165) is 75.6 Å². The molecule has 37 heavy (non-hydrogen) atoms. The highest BCUT2D eigenvalue weighted by atomic mass is 35.5. The number of urea groups is 1. The molecule has 2 heterocycles. The normalized spacial score (nSPS) is 14.5. The molecular weight excluding hydrogens is 541 g/mol. The predicted molar refractivity (Wildman–Crippen MR) is 145 cm³/mol. The van der Waals surface area contributed by atoms with Crippen molar-refractivity contribution in [3.05, 3.63) is 38.9 Å². The maximum atomic E-state index is 12.3. The minimum absolute atomic E-state index is 0.0210. The van der Waals surface area contributed by atoms with Crippen LogP contribution >= 0.6 is 34.7 Å². The number of nitrogens with zero attached hydrogens (tertiary/aromatic N) is 3. The molecule has 2 aromatic rings. The number of ether oxygens (including phenoxy) is 1. The van der Waals surface area contributed by atoms with Gasteiger partial charge in [0, 0.05) is 44.8 Å². The second-order valence-corrected chi connectivity index (χ2v) is 10.3. The van der Waals surface area contributed by atoms with Crippen molar-refractivity contribution in [3.8, 4) is 5.88 Å². The van der Waals surface area contributed by atoms with Crippen molar-refractivity contribution in [2.75, 3.05) is 57.7 Å². The predicted octanol–water partition coefficient (Wildman–Crippen LogP) is 3.94. The summed E-state index contributed by atoms with van der Waals surface area (Å²) >= 11 is 13.3. The molecule has 0 unspecified atom stereocenters. The van der Waals surface area contributed by atoms with E-state index in [2.05, 4.69) is 24.8 Å². The first-order chi connectivity index (χ1) is 17.8. The van der Waals surface area contributed by atoms with Gasteiger partial charge in [-0.2, -0.15) is 4.37 Å². The molecule has 1 saturated heterocycles. The maximum absolute atomic E-state index is 12.3. The van der Waals surface area contributed by atoms with Gasteiger partial charge in [-0.25, -0.2) is 9.59 Å². The minimum Gasteiger partial charge on any atom is -0.477 e. The van der Waals surface area contributed by atoms with Crippen LogP contribution < -0.4 is 15.4 Å². The Morgan fingerprint density at radius 2 is 1.78 bits per heavy atom. The Kier molecular flexibility index (Phi) is 11.7. The number of aromatic carboxylic acids is 1. The molecule has 0 atom stereocenters. The van der Waals surface area contributed by atoms with Crippen molar-refractivity contribution < 1.29 is 24.5 Å². The number of carbonyl (C=O) groups is 2. The van der Waals surface area contributed by atoms with E-state index in [4.69, 9.17) is 33.0 Å². The Hall–Kier alpha value is -2.15. The average molecular weight is 575 g/mol. The summed E-state index contributed by atoms with van der Waals surface area (Å²) in [4.78, 5) is 28.8. The lowest BCUT2D eigenvalue weighted by Gasteiger charge is -2.34. The summed E-state index contributed by atoms with van der Waals surface area (Å²) in [6, 6.07) is 3.05. The summed E-state index contributed by atoms with van der Waals surface area (Å²) in [6.45, 7) is 8.24. The number of carboxylic acids is 1. The number of halogens is 2. The number of anilines is 1. The number of benzene rings is 1. The van der Waals surface area contributed by atoms with Gasteiger partial charge in [-0.05, 0) is 43.4 Å². The van der Waals surface area contributed by atoms with Gasteiger partial charge in [0.15, 0.2) is 5.56 Å². The molecule has 0 radical (unpaired) electrons. The lowest BCUT2D eigenvalue weighted by Crippen LogP contribution is -2.47. The number of hydrogen-bond acceptors (Lipinski definition) is 8. The molecular formula is C24H33Cl2N5O5S. The summed E-state index contributed by atoms with van der Waals surface area (Å²) in [6.07, 6.45) is 2.83. The van der Waals surface area contributed by atoms with Crippen molar-refractivity contribution in [1.82, 2.24) is 19.5 Å². The fraction of sp³-hybridized carbons (Fsp3) is 0.542. The molecule has 10 nitrogen and oxygen atoms in total. The van der Waals surface area contributed by atoms with Crippen LogP contribution in [0.5, 0.6) is 5.88 Å². The first-order valence-corrected chi connectivity index (χ1v) is 13.7. The van der Waals surface area contributed by atoms with E-state index in [1.807, 2.05) is 6.92 Å². The van der Waals surface area contributed by atoms with Crippen LogP contribution in [0.1, 0.15) is 40.7 Å². The Balaban J connectivity index is 1.39. The zero-order valence-electron chi connectivity index (χ0n) is 20.8. The molecule has 1 aliphatic rings. The van der Waals surface area contributed by atoms with Gasteiger partial charge in [0.05, 0.1) is 16.7 Å². The van der Waals surface area contributed by atoms with Gasteiger partial charge in [-0.15, -0.1) is 0 Å². The smallest absolute Gasteiger partial charge is 0.344 e. The highest BCUT2D eigenvalue weighted by Gasteiger charge is 2.24. The fourth-order valence-electron chi connectivity index (χ4n) is 3.96. The summed E-state index contributed by atoms with van der Waals surface area (Å²) < 4.78 is 9.66. The third kappa shape index (κ3) is 8.69. The number of nitrogens with one attached hydrogen (secondary N) is 2. The number of carbonyl (C=O) groups excluding carboxylic acids is 1. The number of aliphatic hydroxyl groups is 1. The van der Waals surface area contributed by atoms with E-state index in [0.29, 0.717) is 22.2 Å². The quantitative estimate of drug-likeness (QED) is 0.265. The van der Waals surface area contributed by atoms with E-state index in [1.54, 1.807) is 12.1 Å². The third-order valence-corrected chi connectivity index (χ3v) is 7.90. The van der Waals surface area contributed by atoms with Gasteiger partial charge in [0.2, 0.25) is 5.88 Å². The number of β-amino-alcohol motifs (C(OH)–C–C–N with tert-alkyl or cyclic N) is 1. The molecule has 0 saturated carbocycles. The Labute approximate surface area is 230 Å². The van der Waals surface area contributed by atoms with Gasteiger partial charge < -0.3 is 25.2 Å². The largest absolute Gasteiger partial charge is 0.477 e. The van der Waals surface area contributed by atoms with Crippen molar-refractivity contribution in [2.45, 2.75) is 32.8 Å². The van der Waals surface area contributed by atoms with Gasteiger partial charge in [0.1, 0.15) is 11.6 Å². The van der Waals surface area contributed by atoms with Crippen LogP contribution in [0.3, 0.4) is 0 Å². The highest BCUT2D eigenvalue weighted by Crippen LogP contribution is 2.33. The van der Waals surface area contributed by atoms with E-state index in [-0.39, 0.29) is 29.7 Å². The Morgan fingerprint density at radius 1 is 1.08 bits per heavy atom. The number of aryl methyl sites for hydroxylation is 1. The number of unbranched alkanes of at least 4 members (excludes halogenated alkanes) is 2. The standard InChI is InChI=1S/C24H33Cl2N5O5S/c1-16-5-6-17(20(26)19(16)25)15-36-21-18(23(33)34)22(37-29-21)28-24(35)27-7-3-2-4-8-30-9-11-31(12-10-30)13-14-32/h5-6,32H,2-4,7-15H2,1H3,(H,33,34)(H2,27,28,35). The molecule has 4 N–H and O–H groups in total. The first kappa shape index (κ1) is 29.4. The minimum atomic E-state index is -1.26. The molecule has 1 fully saturated rings. The summed E-state index contributed by atoms with van der Waals surface area (Å²) in [7, 11) is 0. The number of aliphatic hydroxyl groups excluding tert-OH is 1. The third-order valence-electron chi connectivity index (χ3n) is 6.14. The van der Waals surface area contributed by atoms with E-state index in [9.17, 15) is 14.7 Å². The molecule has 1 aromatic carbocycles. The Bertz CT molecular complexity index is 1060. The van der Waals surface area contributed by atoms with Crippen LogP contribution in [0, 0.1) is 6.92 Å². The van der Waals surface area contributed by atoms with Crippen LogP contribution in [0.4, 0.5) is 9.80 Å². The molecule has 1 aliphatic heterocycles. The van der Waals surface area contributed by atoms with Gasteiger partial charge in [-0.3, -0.25) is 10.2 Å². The van der Waals surface area contributed by atoms with Crippen LogP contribution in [0.2, 0.25) is 10.0 Å². The van der Waals surface area contributed by atoms with Crippen LogP contribution in [0.15, 0.2) is 12.1 Å². The summed E-state index contributed by atoms with van der Waals surface area (Å²) in [5.41, 5.74) is 1.20. The zero-order chi connectivity index (χ0) is 26.8. The number of carboxylic acid groups (broad SMARTS) is 1. The van der Waals surface area contributed by atoms with Crippen LogP contribution in [-0.2, 0) is 6.61 Å². The maximum Gasteiger partial charge on any atom is 0.344 e. The SMILES string of the molecule is Cc1ccc(COc2nsc(NC(=O)NCCCCCN3CCN(CCO)CC3)c2C(=O)O)c(Cl)c1Cl. The summed E-state index contributed by atoms with van der Waals surface area (Å²) in [5.74, 6) is -1.36. The second-order valence-electron chi connectivity index (χ2n) is 8.80. The van der Waals surface area contributed by atoms with Gasteiger partial charge >= 0.3 is 12.0 Å². The number of amides is 2. The molecule has 1 aromatic heterocycles. The average Bonchev–Trinajstić information content (AvgIpc) is 3.28. The monoisotopic (exact) mass is 573 g/mol. The zero-order valence-corrected chi connectivity index (χ0v) is 23.1. The highest BCUT2D eigenvalue weighted by molar-refractivity contribution is 7.11. The molecule has 0 spiro atoms. The topological polar surface area (TPSA) is 127 Å². The molecule has 3 rings (SSSR count). The molecule has 204 valence electrons. The lowest BCUT2D eigenvalue weighted by atomic mass is 10.1. The fourth-order valence-corrected chi connectivity index (χ4v) is 5.13. The summed E-state index contributed by atoms with van der Waals surface area (Å²) in [5, 5.41) is 24.8. The number of aromatic nitrogens is 1. The van der Waals surface area contributed by atoms with Crippen molar-refractivity contribution in [3.63, 3.8) is 0 Å². The number of hydrogen-bond donors (Lipinski definition) is 4. The van der Waals surface area contributed by atoms with Gasteiger partial charge in [-0.1, -0.05) is 41.8 Å². The molecule has 13 heteroatoms. The molecule has 0 aliphatic carbocycles.